The Balaban J connectivity index is 1.62. The number of hydrogen-bond acceptors (Lipinski definition) is 5. The second-order valence-electron chi connectivity index (χ2n) is 6.95. The van der Waals surface area contributed by atoms with E-state index in [1.54, 1.807) is 23.4 Å². The number of rotatable bonds is 7. The second-order valence-corrected chi connectivity index (χ2v) is 8.12. The van der Waals surface area contributed by atoms with Crippen LogP contribution in [-0.2, 0) is 11.3 Å². The van der Waals surface area contributed by atoms with Crippen molar-refractivity contribution in [3.05, 3.63) is 72.2 Å². The zero-order chi connectivity index (χ0) is 20.1. The molecular formula is C23H23N3O2S. The lowest BCUT2D eigenvalue weighted by atomic mass is 10.0. The van der Waals surface area contributed by atoms with Gasteiger partial charge in [-0.2, -0.15) is 5.10 Å². The van der Waals surface area contributed by atoms with Crippen molar-refractivity contribution in [2.75, 3.05) is 0 Å². The van der Waals surface area contributed by atoms with Crippen LogP contribution in [0.5, 0.6) is 0 Å². The maximum Gasteiger partial charge on any atom is 0.242 e. The van der Waals surface area contributed by atoms with Crippen LogP contribution in [0.1, 0.15) is 37.5 Å². The third-order valence-corrected chi connectivity index (χ3v) is 6.15. The van der Waals surface area contributed by atoms with Crippen molar-refractivity contribution in [2.45, 2.75) is 38.0 Å². The molecule has 0 radical (unpaired) electrons. The molecule has 1 saturated heterocycles. The molecule has 4 rings (SSSR count). The van der Waals surface area contributed by atoms with Gasteiger partial charge in [0.05, 0.1) is 24.3 Å². The summed E-state index contributed by atoms with van der Waals surface area (Å²) in [6, 6.07) is 18.1. The Kier molecular flexibility index (Phi) is 6.10. The first-order chi connectivity index (χ1) is 14.3. The average Bonchev–Trinajstić information content (AvgIpc) is 3.36. The molecule has 0 N–H and O–H groups in total. The summed E-state index contributed by atoms with van der Waals surface area (Å²) in [6.45, 7) is 2.63. The third kappa shape index (κ3) is 4.43. The molecule has 1 fully saturated rings. The Morgan fingerprint density at radius 2 is 2.00 bits per heavy atom. The molecule has 1 aromatic heterocycles. The van der Waals surface area contributed by atoms with Crippen LogP contribution in [-0.4, -0.2) is 27.4 Å². The normalized spacial score (nSPS) is 18.5. The molecule has 0 spiro atoms. The molecule has 1 amide bonds. The Hall–Kier alpha value is -2.86. The SMILES string of the molecule is CCCC[C@@H]1S/C(=N/N=C\c2ccco2)N(Cc2cccc3ccccc23)C1=O. The van der Waals surface area contributed by atoms with Crippen LogP contribution >= 0.6 is 11.8 Å². The van der Waals surface area contributed by atoms with Gasteiger partial charge in [-0.1, -0.05) is 74.0 Å². The van der Waals surface area contributed by atoms with E-state index >= 15 is 0 Å². The molecule has 6 heteroatoms. The molecule has 2 aromatic carbocycles. The van der Waals surface area contributed by atoms with E-state index in [1.807, 2.05) is 24.3 Å². The van der Waals surface area contributed by atoms with Crippen molar-refractivity contribution in [1.82, 2.24) is 4.90 Å². The van der Waals surface area contributed by atoms with E-state index in [9.17, 15) is 4.79 Å². The van der Waals surface area contributed by atoms with Gasteiger partial charge in [0.25, 0.3) is 0 Å². The highest BCUT2D eigenvalue weighted by Crippen LogP contribution is 2.33. The molecule has 29 heavy (non-hydrogen) atoms. The number of carbonyl (C=O) groups is 1. The fourth-order valence-corrected chi connectivity index (χ4v) is 4.55. The standard InChI is InChI=1S/C23H23N3O2S/c1-2-3-13-21-22(27)26(23(29-21)25-24-15-19-11-7-14-28-19)16-18-10-6-9-17-8-4-5-12-20(17)18/h4-12,14-15,21H,2-3,13,16H2,1H3/b24-15-,25-23+/t21-/m0/s1. The Labute approximate surface area is 174 Å². The fraction of sp³-hybridized carbons (Fsp3) is 0.261. The lowest BCUT2D eigenvalue weighted by Crippen LogP contribution is -2.31. The van der Waals surface area contributed by atoms with Gasteiger partial charge in [-0.25, -0.2) is 0 Å². The molecule has 2 heterocycles. The Morgan fingerprint density at radius 3 is 2.83 bits per heavy atom. The van der Waals surface area contributed by atoms with Crippen LogP contribution in [0.3, 0.4) is 0 Å². The maximum absolute atomic E-state index is 13.1. The first kappa shape index (κ1) is 19.5. The minimum atomic E-state index is -0.0949. The van der Waals surface area contributed by atoms with Gasteiger partial charge in [-0.3, -0.25) is 9.69 Å². The summed E-state index contributed by atoms with van der Waals surface area (Å²) in [7, 11) is 0. The van der Waals surface area contributed by atoms with E-state index in [2.05, 4.69) is 41.4 Å². The molecule has 1 aliphatic heterocycles. The molecule has 5 nitrogen and oxygen atoms in total. The van der Waals surface area contributed by atoms with E-state index in [4.69, 9.17) is 4.42 Å². The number of nitrogens with zero attached hydrogens (tertiary/aromatic N) is 3. The molecule has 0 saturated carbocycles. The van der Waals surface area contributed by atoms with E-state index in [1.165, 1.54) is 17.1 Å². The van der Waals surface area contributed by atoms with E-state index in [0.29, 0.717) is 17.5 Å². The van der Waals surface area contributed by atoms with Crippen LogP contribution in [0.4, 0.5) is 0 Å². The van der Waals surface area contributed by atoms with E-state index in [-0.39, 0.29) is 11.2 Å². The summed E-state index contributed by atoms with van der Waals surface area (Å²) in [5.41, 5.74) is 1.11. The van der Waals surface area contributed by atoms with Gasteiger partial charge in [-0.05, 0) is 34.9 Å². The molecule has 3 aromatic rings. The first-order valence-corrected chi connectivity index (χ1v) is 10.7. The minimum Gasteiger partial charge on any atom is -0.463 e. The third-order valence-electron chi connectivity index (χ3n) is 4.92. The molecule has 1 atom stereocenters. The minimum absolute atomic E-state index is 0.0949. The molecule has 0 aliphatic carbocycles. The molecule has 148 valence electrons. The second kappa shape index (κ2) is 9.09. The number of amides is 1. The zero-order valence-corrected chi connectivity index (χ0v) is 17.1. The van der Waals surface area contributed by atoms with Gasteiger partial charge in [0.1, 0.15) is 5.76 Å². The summed E-state index contributed by atoms with van der Waals surface area (Å²) in [6.07, 6.45) is 6.10. The number of fused-ring (bicyclic) bond motifs is 1. The fourth-order valence-electron chi connectivity index (χ4n) is 3.40. The lowest BCUT2D eigenvalue weighted by Gasteiger charge is -2.17. The summed E-state index contributed by atoms with van der Waals surface area (Å²) < 4.78 is 5.26. The number of carbonyl (C=O) groups excluding carboxylic acids is 1. The van der Waals surface area contributed by atoms with Crippen molar-refractivity contribution in [1.29, 1.82) is 0 Å². The molecule has 0 bridgehead atoms. The van der Waals surface area contributed by atoms with E-state index < -0.39 is 0 Å². The Morgan fingerprint density at radius 1 is 1.14 bits per heavy atom. The van der Waals surface area contributed by atoms with Gasteiger partial charge in [0.15, 0.2) is 5.17 Å². The zero-order valence-electron chi connectivity index (χ0n) is 16.3. The van der Waals surface area contributed by atoms with Crippen LogP contribution < -0.4 is 0 Å². The van der Waals surface area contributed by atoms with Crippen molar-refractivity contribution in [3.8, 4) is 0 Å². The topological polar surface area (TPSA) is 58.2 Å². The maximum atomic E-state index is 13.1. The Bertz CT molecular complexity index is 1040. The average molecular weight is 406 g/mol. The van der Waals surface area contributed by atoms with E-state index in [0.717, 1.165) is 30.2 Å². The molecular weight excluding hydrogens is 382 g/mol. The number of hydrogen-bond donors (Lipinski definition) is 0. The number of furan rings is 1. The smallest absolute Gasteiger partial charge is 0.242 e. The molecule has 1 aliphatic rings. The summed E-state index contributed by atoms with van der Waals surface area (Å²) in [4.78, 5) is 14.9. The van der Waals surface area contributed by atoms with Crippen LogP contribution in [0.2, 0.25) is 0 Å². The predicted molar refractivity (Wildman–Crippen MR) is 119 cm³/mol. The van der Waals surface area contributed by atoms with Gasteiger partial charge < -0.3 is 4.42 Å². The first-order valence-electron chi connectivity index (χ1n) is 9.85. The summed E-state index contributed by atoms with van der Waals surface area (Å²) >= 11 is 1.51. The van der Waals surface area contributed by atoms with Crippen LogP contribution in [0, 0.1) is 0 Å². The van der Waals surface area contributed by atoms with Gasteiger partial charge in [0, 0.05) is 0 Å². The summed E-state index contributed by atoms with van der Waals surface area (Å²) in [5, 5.41) is 11.4. The number of amidine groups is 1. The van der Waals surface area contributed by atoms with Crippen molar-refractivity contribution >= 4 is 39.8 Å². The molecule has 0 unspecified atom stereocenters. The largest absolute Gasteiger partial charge is 0.463 e. The highest BCUT2D eigenvalue weighted by molar-refractivity contribution is 8.15. The van der Waals surface area contributed by atoms with Gasteiger partial charge >= 0.3 is 0 Å². The van der Waals surface area contributed by atoms with Crippen molar-refractivity contribution < 1.29 is 9.21 Å². The van der Waals surface area contributed by atoms with Crippen molar-refractivity contribution in [3.63, 3.8) is 0 Å². The van der Waals surface area contributed by atoms with Crippen molar-refractivity contribution in [2.24, 2.45) is 10.2 Å². The van der Waals surface area contributed by atoms with Crippen LogP contribution in [0.25, 0.3) is 10.8 Å². The number of unbranched alkanes of at least 4 members (excludes halogenated alkanes) is 1. The monoisotopic (exact) mass is 405 g/mol. The van der Waals surface area contributed by atoms with Gasteiger partial charge in [0.2, 0.25) is 5.91 Å². The summed E-state index contributed by atoms with van der Waals surface area (Å²) in [5.74, 6) is 0.746. The predicted octanol–water partition coefficient (Wildman–Crippen LogP) is 5.46. The highest BCUT2D eigenvalue weighted by Gasteiger charge is 2.37. The van der Waals surface area contributed by atoms with Gasteiger partial charge in [-0.15, -0.1) is 5.10 Å². The van der Waals surface area contributed by atoms with Crippen LogP contribution in [0.15, 0.2) is 75.5 Å². The number of thioether (sulfide) groups is 1. The quantitative estimate of drug-likeness (QED) is 0.387. The number of benzene rings is 2. The lowest BCUT2D eigenvalue weighted by molar-refractivity contribution is -0.126. The highest BCUT2D eigenvalue weighted by atomic mass is 32.2.